The molecule has 0 aromatic rings. The standard InChI is InChI=1S/C5H2Cl2F6/c6-2(8)1-3(9,10)5(12,13)4(2,7)11/h1H2/t2-,4+/m1/s1. The molecule has 1 saturated carbocycles. The molecular weight excluding hydrogens is 245 g/mol. The predicted octanol–water partition coefficient (Wildman–Crippen LogP) is 3.47. The van der Waals surface area contributed by atoms with E-state index in [1.165, 1.54) is 0 Å². The summed E-state index contributed by atoms with van der Waals surface area (Å²) in [5.41, 5.74) is 0. The molecule has 1 fully saturated rings. The van der Waals surface area contributed by atoms with Crippen molar-refractivity contribution in [1.82, 2.24) is 0 Å². The molecule has 13 heavy (non-hydrogen) atoms. The summed E-state index contributed by atoms with van der Waals surface area (Å²) in [5, 5.41) is -8.56. The fraction of sp³-hybridized carbons (Fsp3) is 1.00. The van der Waals surface area contributed by atoms with Gasteiger partial charge in [0.1, 0.15) is 0 Å². The Morgan fingerprint density at radius 2 is 1.23 bits per heavy atom. The SMILES string of the molecule is FC1(F)C[C@](F)(Cl)[C@@](F)(Cl)C1(F)F. The largest absolute Gasteiger partial charge is 0.361 e. The number of hydrogen-bond acceptors (Lipinski definition) is 0. The summed E-state index contributed by atoms with van der Waals surface area (Å²) >= 11 is 8.83. The van der Waals surface area contributed by atoms with Crippen LogP contribution in [0, 0.1) is 0 Å². The van der Waals surface area contributed by atoms with E-state index in [2.05, 4.69) is 23.2 Å². The second-order valence-electron chi connectivity index (χ2n) is 2.73. The maximum atomic E-state index is 12.7. The summed E-state index contributed by atoms with van der Waals surface area (Å²) < 4.78 is 74.8. The number of halogens is 8. The Bertz CT molecular complexity index is 211. The minimum Gasteiger partial charge on any atom is -0.221 e. The fourth-order valence-electron chi connectivity index (χ4n) is 0.960. The van der Waals surface area contributed by atoms with Gasteiger partial charge in [-0.1, -0.05) is 23.2 Å². The minimum absolute atomic E-state index is 2.16. The van der Waals surface area contributed by atoms with Gasteiger partial charge in [-0.3, -0.25) is 0 Å². The zero-order valence-electron chi connectivity index (χ0n) is 5.73. The van der Waals surface area contributed by atoms with Gasteiger partial charge < -0.3 is 0 Å². The third-order valence-electron chi connectivity index (χ3n) is 1.76. The van der Waals surface area contributed by atoms with Crippen LogP contribution in [0.4, 0.5) is 26.3 Å². The quantitative estimate of drug-likeness (QED) is 0.454. The van der Waals surface area contributed by atoms with Crippen molar-refractivity contribution in [2.75, 3.05) is 0 Å². The van der Waals surface area contributed by atoms with Crippen molar-refractivity contribution in [2.45, 2.75) is 28.5 Å². The molecule has 0 aromatic carbocycles. The molecule has 0 spiro atoms. The zero-order chi connectivity index (χ0) is 10.7. The predicted molar refractivity (Wildman–Crippen MR) is 33.9 cm³/mol. The summed E-state index contributed by atoms with van der Waals surface area (Å²) in [6, 6.07) is 0. The molecule has 8 heteroatoms. The smallest absolute Gasteiger partial charge is 0.221 e. The molecule has 0 heterocycles. The molecule has 1 aliphatic rings. The van der Waals surface area contributed by atoms with Crippen molar-refractivity contribution in [3.05, 3.63) is 0 Å². The van der Waals surface area contributed by atoms with E-state index in [-0.39, 0.29) is 0 Å². The van der Waals surface area contributed by atoms with Crippen LogP contribution in [0.1, 0.15) is 6.42 Å². The maximum Gasteiger partial charge on any atom is 0.361 e. The molecule has 1 aliphatic carbocycles. The van der Waals surface area contributed by atoms with Crippen LogP contribution < -0.4 is 0 Å². The van der Waals surface area contributed by atoms with Gasteiger partial charge in [-0.15, -0.1) is 0 Å². The average Bonchev–Trinajstić information content (AvgIpc) is 1.88. The highest BCUT2D eigenvalue weighted by atomic mass is 35.5. The number of rotatable bonds is 0. The molecule has 78 valence electrons. The van der Waals surface area contributed by atoms with Crippen LogP contribution >= 0.6 is 23.2 Å². The van der Waals surface area contributed by atoms with E-state index in [1.54, 1.807) is 0 Å². The van der Waals surface area contributed by atoms with Crippen molar-refractivity contribution >= 4 is 23.2 Å². The van der Waals surface area contributed by atoms with Gasteiger partial charge in [0.05, 0.1) is 6.42 Å². The van der Waals surface area contributed by atoms with Crippen LogP contribution in [-0.4, -0.2) is 22.1 Å². The molecule has 0 aliphatic heterocycles. The van der Waals surface area contributed by atoms with Crippen LogP contribution in [0.25, 0.3) is 0 Å². The van der Waals surface area contributed by atoms with Crippen LogP contribution in [0.5, 0.6) is 0 Å². The van der Waals surface area contributed by atoms with E-state index < -0.39 is 28.5 Å². The minimum atomic E-state index is -5.32. The summed E-state index contributed by atoms with van der Waals surface area (Å²) in [4.78, 5) is 0. The number of hydrogen-bond donors (Lipinski definition) is 0. The second-order valence-corrected chi connectivity index (χ2v) is 3.85. The fourth-order valence-corrected chi connectivity index (χ4v) is 1.45. The second kappa shape index (κ2) is 2.39. The van der Waals surface area contributed by atoms with Gasteiger partial charge in [-0.25, -0.2) is 8.78 Å². The van der Waals surface area contributed by atoms with E-state index in [0.717, 1.165) is 0 Å². The summed E-state index contributed by atoms with van der Waals surface area (Å²) in [5.74, 6) is -10.2. The van der Waals surface area contributed by atoms with Crippen LogP contribution in [0.3, 0.4) is 0 Å². The Morgan fingerprint density at radius 1 is 0.846 bits per heavy atom. The maximum absolute atomic E-state index is 12.7. The van der Waals surface area contributed by atoms with E-state index in [0.29, 0.717) is 0 Å². The summed E-state index contributed by atoms with van der Waals surface area (Å²) in [7, 11) is 0. The highest BCUT2D eigenvalue weighted by molar-refractivity contribution is 6.34. The van der Waals surface area contributed by atoms with Crippen molar-refractivity contribution < 1.29 is 26.3 Å². The van der Waals surface area contributed by atoms with Crippen molar-refractivity contribution in [3.8, 4) is 0 Å². The molecule has 0 N–H and O–H groups in total. The first-order valence-electron chi connectivity index (χ1n) is 2.97. The van der Waals surface area contributed by atoms with E-state index >= 15 is 0 Å². The third-order valence-corrected chi connectivity index (χ3v) is 2.78. The molecular formula is C5H2Cl2F6. The van der Waals surface area contributed by atoms with Crippen LogP contribution in [0.2, 0.25) is 0 Å². The normalized spacial score (nSPS) is 48.0. The lowest BCUT2D eigenvalue weighted by Crippen LogP contribution is -2.49. The summed E-state index contributed by atoms with van der Waals surface area (Å²) in [6.45, 7) is 0. The van der Waals surface area contributed by atoms with E-state index in [4.69, 9.17) is 0 Å². The van der Waals surface area contributed by atoms with Gasteiger partial charge in [0, 0.05) is 0 Å². The molecule has 0 unspecified atom stereocenters. The Balaban J connectivity index is 3.24. The van der Waals surface area contributed by atoms with E-state index in [9.17, 15) is 26.3 Å². The molecule has 2 atom stereocenters. The Morgan fingerprint density at radius 3 is 1.31 bits per heavy atom. The Kier molecular flexibility index (Phi) is 2.07. The third kappa shape index (κ3) is 1.14. The topological polar surface area (TPSA) is 0 Å². The molecule has 0 aromatic heterocycles. The van der Waals surface area contributed by atoms with Crippen molar-refractivity contribution in [3.63, 3.8) is 0 Å². The van der Waals surface area contributed by atoms with Gasteiger partial charge in [0.25, 0.3) is 5.13 Å². The first-order chi connectivity index (χ1) is 5.46. The van der Waals surface area contributed by atoms with Crippen molar-refractivity contribution in [1.29, 1.82) is 0 Å². The first kappa shape index (κ1) is 11.2. The molecule has 0 amide bonds. The van der Waals surface area contributed by atoms with Gasteiger partial charge in [0.2, 0.25) is 5.13 Å². The first-order valence-corrected chi connectivity index (χ1v) is 3.72. The summed E-state index contributed by atoms with van der Waals surface area (Å²) in [6.07, 6.45) is -2.16. The zero-order valence-corrected chi connectivity index (χ0v) is 7.24. The lowest BCUT2D eigenvalue weighted by molar-refractivity contribution is -0.218. The monoisotopic (exact) mass is 246 g/mol. The van der Waals surface area contributed by atoms with Crippen molar-refractivity contribution in [2.24, 2.45) is 0 Å². The lowest BCUT2D eigenvalue weighted by atomic mass is 10.2. The van der Waals surface area contributed by atoms with Crippen LogP contribution in [-0.2, 0) is 0 Å². The highest BCUT2D eigenvalue weighted by Gasteiger charge is 2.85. The Labute approximate surface area is 78.8 Å². The molecule has 0 bridgehead atoms. The van der Waals surface area contributed by atoms with Gasteiger partial charge in [-0.2, -0.15) is 17.6 Å². The van der Waals surface area contributed by atoms with Gasteiger partial charge in [0.15, 0.2) is 0 Å². The van der Waals surface area contributed by atoms with Gasteiger partial charge >= 0.3 is 11.8 Å². The molecule has 1 rings (SSSR count). The average molecular weight is 247 g/mol. The number of alkyl halides is 8. The lowest BCUT2D eigenvalue weighted by Gasteiger charge is -2.26. The highest BCUT2D eigenvalue weighted by Crippen LogP contribution is 2.64. The van der Waals surface area contributed by atoms with E-state index in [1.807, 2.05) is 0 Å². The van der Waals surface area contributed by atoms with Crippen LogP contribution in [0.15, 0.2) is 0 Å². The molecule has 0 nitrogen and oxygen atoms in total. The molecule has 0 radical (unpaired) electrons. The molecule has 0 saturated heterocycles. The van der Waals surface area contributed by atoms with Gasteiger partial charge in [-0.05, 0) is 0 Å². The Hall–Kier alpha value is 0.160.